The van der Waals surface area contributed by atoms with Crippen LogP contribution in [0.4, 0.5) is 0 Å². The summed E-state index contributed by atoms with van der Waals surface area (Å²) >= 11 is 0. The highest BCUT2D eigenvalue weighted by molar-refractivity contribution is 5.10. The summed E-state index contributed by atoms with van der Waals surface area (Å²) in [6, 6.07) is 3.26. The van der Waals surface area contributed by atoms with Crippen molar-refractivity contribution < 1.29 is 0 Å². The Labute approximate surface area is 117 Å². The molecular formula is C15H28N4. The molecular weight excluding hydrogens is 236 g/mol. The highest BCUT2D eigenvalue weighted by Gasteiger charge is 2.33. The molecule has 0 bridgehead atoms. The Kier molecular flexibility index (Phi) is 4.99. The van der Waals surface area contributed by atoms with Gasteiger partial charge in [0.2, 0.25) is 0 Å². The molecule has 0 spiro atoms. The summed E-state index contributed by atoms with van der Waals surface area (Å²) in [6.45, 7) is 6.91. The van der Waals surface area contributed by atoms with E-state index in [1.54, 1.807) is 0 Å². The molecule has 0 amide bonds. The second kappa shape index (κ2) is 6.53. The Balaban J connectivity index is 2.34. The molecule has 2 heterocycles. The molecule has 108 valence electrons. The molecule has 2 rings (SSSR count). The zero-order valence-electron chi connectivity index (χ0n) is 12.8. The van der Waals surface area contributed by atoms with Gasteiger partial charge in [0.25, 0.3) is 0 Å². The maximum Gasteiger partial charge on any atom is 0.0560 e. The highest BCUT2D eigenvalue weighted by Crippen LogP contribution is 2.35. The maximum atomic E-state index is 4.38. The number of rotatable bonds is 4. The van der Waals surface area contributed by atoms with E-state index in [2.05, 4.69) is 49.3 Å². The van der Waals surface area contributed by atoms with Gasteiger partial charge >= 0.3 is 0 Å². The third-order valence-corrected chi connectivity index (χ3v) is 4.34. The van der Waals surface area contributed by atoms with Gasteiger partial charge in [-0.05, 0) is 58.8 Å². The van der Waals surface area contributed by atoms with Crippen molar-refractivity contribution in [2.45, 2.75) is 45.2 Å². The molecule has 4 heteroatoms. The number of nitrogens with one attached hydrogen (secondary N) is 1. The van der Waals surface area contributed by atoms with Crippen LogP contribution in [0.5, 0.6) is 0 Å². The number of hydrogen-bond donors (Lipinski definition) is 1. The molecule has 0 aliphatic carbocycles. The van der Waals surface area contributed by atoms with Crippen molar-refractivity contribution in [3.63, 3.8) is 0 Å². The molecule has 1 N–H and O–H groups in total. The van der Waals surface area contributed by atoms with E-state index < -0.39 is 0 Å². The SMILES string of the molecule is CNCC1CCCCN(C(C)C)C1c1ccnn1C. The fourth-order valence-corrected chi connectivity index (χ4v) is 3.41. The summed E-state index contributed by atoms with van der Waals surface area (Å²) in [5, 5.41) is 7.76. The molecule has 1 aliphatic heterocycles. The van der Waals surface area contributed by atoms with Crippen molar-refractivity contribution in [2.75, 3.05) is 20.1 Å². The van der Waals surface area contributed by atoms with Crippen molar-refractivity contribution in [1.29, 1.82) is 0 Å². The van der Waals surface area contributed by atoms with Crippen LogP contribution in [0, 0.1) is 5.92 Å². The Morgan fingerprint density at radius 1 is 1.42 bits per heavy atom. The van der Waals surface area contributed by atoms with E-state index in [9.17, 15) is 0 Å². The van der Waals surface area contributed by atoms with E-state index in [4.69, 9.17) is 0 Å². The molecule has 2 atom stereocenters. The smallest absolute Gasteiger partial charge is 0.0560 e. The van der Waals surface area contributed by atoms with Crippen LogP contribution < -0.4 is 5.32 Å². The van der Waals surface area contributed by atoms with Crippen LogP contribution in [-0.4, -0.2) is 40.9 Å². The summed E-state index contributed by atoms with van der Waals surface area (Å²) in [7, 11) is 4.13. The molecule has 19 heavy (non-hydrogen) atoms. The fourth-order valence-electron chi connectivity index (χ4n) is 3.41. The van der Waals surface area contributed by atoms with Gasteiger partial charge in [0.1, 0.15) is 0 Å². The second-order valence-electron chi connectivity index (χ2n) is 5.97. The lowest BCUT2D eigenvalue weighted by molar-refractivity contribution is 0.112. The van der Waals surface area contributed by atoms with Crippen molar-refractivity contribution >= 4 is 0 Å². The van der Waals surface area contributed by atoms with Crippen LogP contribution in [0.1, 0.15) is 44.8 Å². The number of aromatic nitrogens is 2. The monoisotopic (exact) mass is 264 g/mol. The van der Waals surface area contributed by atoms with Crippen LogP contribution in [0.2, 0.25) is 0 Å². The summed E-state index contributed by atoms with van der Waals surface area (Å²) in [5.41, 5.74) is 1.36. The zero-order valence-corrected chi connectivity index (χ0v) is 12.8. The standard InChI is InChI=1S/C15H28N4/c1-12(2)19-10-6-5-7-13(11-16-3)15(19)14-8-9-17-18(14)4/h8-9,12-13,15-16H,5-7,10-11H2,1-4H3. The fraction of sp³-hybridized carbons (Fsp3) is 0.800. The largest absolute Gasteiger partial charge is 0.319 e. The number of hydrogen-bond acceptors (Lipinski definition) is 3. The molecule has 0 aromatic carbocycles. The molecule has 1 saturated heterocycles. The van der Waals surface area contributed by atoms with Crippen molar-refractivity contribution in [1.82, 2.24) is 20.0 Å². The lowest BCUT2D eigenvalue weighted by atomic mass is 9.91. The van der Waals surface area contributed by atoms with Crippen molar-refractivity contribution in [3.05, 3.63) is 18.0 Å². The van der Waals surface area contributed by atoms with E-state index in [0.29, 0.717) is 18.0 Å². The van der Waals surface area contributed by atoms with E-state index in [1.807, 2.05) is 10.9 Å². The first-order valence-electron chi connectivity index (χ1n) is 7.53. The van der Waals surface area contributed by atoms with E-state index >= 15 is 0 Å². The predicted molar refractivity (Wildman–Crippen MR) is 79.1 cm³/mol. The second-order valence-corrected chi connectivity index (χ2v) is 5.97. The number of likely N-dealkylation sites (tertiary alicyclic amines) is 1. The quantitative estimate of drug-likeness (QED) is 0.905. The molecule has 0 saturated carbocycles. The van der Waals surface area contributed by atoms with Gasteiger partial charge in [0.15, 0.2) is 0 Å². The molecule has 1 aromatic rings. The van der Waals surface area contributed by atoms with E-state index in [-0.39, 0.29) is 0 Å². The van der Waals surface area contributed by atoms with Crippen LogP contribution in [-0.2, 0) is 7.05 Å². The minimum atomic E-state index is 0.488. The predicted octanol–water partition coefficient (Wildman–Crippen LogP) is 2.19. The van der Waals surface area contributed by atoms with Gasteiger partial charge in [-0.15, -0.1) is 0 Å². The molecule has 4 nitrogen and oxygen atoms in total. The molecule has 2 unspecified atom stereocenters. The van der Waals surface area contributed by atoms with Crippen LogP contribution >= 0.6 is 0 Å². The van der Waals surface area contributed by atoms with Crippen molar-refractivity contribution in [2.24, 2.45) is 13.0 Å². The van der Waals surface area contributed by atoms with Gasteiger partial charge < -0.3 is 5.32 Å². The van der Waals surface area contributed by atoms with Gasteiger partial charge in [0, 0.05) is 19.3 Å². The van der Waals surface area contributed by atoms with Gasteiger partial charge in [-0.3, -0.25) is 9.58 Å². The molecule has 1 aliphatic rings. The van der Waals surface area contributed by atoms with Crippen LogP contribution in [0.3, 0.4) is 0 Å². The normalized spacial score (nSPS) is 25.7. The summed E-state index contributed by atoms with van der Waals surface area (Å²) < 4.78 is 2.05. The van der Waals surface area contributed by atoms with E-state index in [1.165, 1.54) is 31.5 Å². The van der Waals surface area contributed by atoms with Gasteiger partial charge in [-0.2, -0.15) is 5.10 Å². The third kappa shape index (κ3) is 3.18. The van der Waals surface area contributed by atoms with Crippen LogP contribution in [0.15, 0.2) is 12.3 Å². The Hall–Kier alpha value is -0.870. The summed E-state index contributed by atoms with van der Waals surface area (Å²) in [6.07, 6.45) is 5.88. The lowest BCUT2D eigenvalue weighted by Crippen LogP contribution is -2.41. The topological polar surface area (TPSA) is 33.1 Å². The van der Waals surface area contributed by atoms with E-state index in [0.717, 1.165) is 6.54 Å². The first-order valence-corrected chi connectivity index (χ1v) is 7.53. The summed E-state index contributed by atoms with van der Waals surface area (Å²) in [4.78, 5) is 2.66. The Morgan fingerprint density at radius 2 is 2.21 bits per heavy atom. The number of nitrogens with zero attached hydrogens (tertiary/aromatic N) is 3. The summed E-state index contributed by atoms with van der Waals surface area (Å²) in [5.74, 6) is 0.672. The first-order chi connectivity index (χ1) is 9.15. The minimum Gasteiger partial charge on any atom is -0.319 e. The molecule has 1 aromatic heterocycles. The van der Waals surface area contributed by atoms with Gasteiger partial charge in [-0.25, -0.2) is 0 Å². The average Bonchev–Trinajstić information content (AvgIpc) is 2.67. The highest BCUT2D eigenvalue weighted by atomic mass is 15.3. The van der Waals surface area contributed by atoms with Crippen LogP contribution in [0.25, 0.3) is 0 Å². The molecule has 1 fully saturated rings. The maximum absolute atomic E-state index is 4.38. The minimum absolute atomic E-state index is 0.488. The lowest BCUT2D eigenvalue weighted by Gasteiger charge is -2.37. The average molecular weight is 264 g/mol. The number of aryl methyl sites for hydroxylation is 1. The van der Waals surface area contributed by atoms with Crippen molar-refractivity contribution in [3.8, 4) is 0 Å². The zero-order chi connectivity index (χ0) is 13.8. The Bertz CT molecular complexity index is 385. The Morgan fingerprint density at radius 3 is 2.79 bits per heavy atom. The molecule has 0 radical (unpaired) electrons. The third-order valence-electron chi connectivity index (χ3n) is 4.34. The van der Waals surface area contributed by atoms with Gasteiger partial charge in [0.05, 0.1) is 11.7 Å². The van der Waals surface area contributed by atoms with Gasteiger partial charge in [-0.1, -0.05) is 6.42 Å². The first kappa shape index (κ1) is 14.5.